The van der Waals surface area contributed by atoms with Crippen LogP contribution in [-0.4, -0.2) is 38.4 Å². The van der Waals surface area contributed by atoms with E-state index in [-0.39, 0.29) is 18.1 Å². The molecule has 69 valence electrons. The number of esters is 1. The normalized spacial score (nSPS) is 29.8. The zero-order valence-corrected chi connectivity index (χ0v) is 7.45. The van der Waals surface area contributed by atoms with Crippen molar-refractivity contribution < 1.29 is 14.3 Å². The number of carbonyl (C=O) groups is 1. The van der Waals surface area contributed by atoms with Gasteiger partial charge in [0.25, 0.3) is 0 Å². The minimum absolute atomic E-state index is 0.0753. The molecule has 1 aliphatic heterocycles. The minimum atomic E-state index is -0.232. The summed E-state index contributed by atoms with van der Waals surface area (Å²) >= 11 is 0. The van der Waals surface area contributed by atoms with Gasteiger partial charge in [0.2, 0.25) is 0 Å². The van der Waals surface area contributed by atoms with Gasteiger partial charge in [-0.05, 0) is 6.92 Å². The van der Waals surface area contributed by atoms with Crippen molar-refractivity contribution in [2.75, 3.05) is 20.3 Å². The number of rotatable bonds is 2. The molecule has 1 radical (unpaired) electrons. The van der Waals surface area contributed by atoms with Crippen LogP contribution < -0.4 is 5.32 Å². The Morgan fingerprint density at radius 2 is 2.50 bits per heavy atom. The minimum Gasteiger partial charge on any atom is -0.469 e. The van der Waals surface area contributed by atoms with Crippen LogP contribution in [0.4, 0.5) is 0 Å². The third kappa shape index (κ3) is 2.79. The van der Waals surface area contributed by atoms with E-state index < -0.39 is 0 Å². The highest BCUT2D eigenvalue weighted by Crippen LogP contribution is 2.06. The van der Waals surface area contributed by atoms with Crippen molar-refractivity contribution in [3.63, 3.8) is 0 Å². The van der Waals surface area contributed by atoms with Crippen LogP contribution >= 0.6 is 0 Å². The molecule has 1 fully saturated rings. The maximum Gasteiger partial charge on any atom is 0.308 e. The molecule has 0 saturated carbocycles. The fraction of sp³-hybridized carbons (Fsp3) is 0.875. The lowest BCUT2D eigenvalue weighted by Gasteiger charge is -2.25. The lowest BCUT2D eigenvalue weighted by atomic mass is 10.2. The maximum absolute atomic E-state index is 10.8. The van der Waals surface area contributed by atoms with Crippen molar-refractivity contribution in [1.82, 2.24) is 5.32 Å². The Hall–Kier alpha value is -0.610. The van der Waals surface area contributed by atoms with Gasteiger partial charge in [-0.3, -0.25) is 4.79 Å². The van der Waals surface area contributed by atoms with Gasteiger partial charge in [0.15, 0.2) is 0 Å². The summed E-state index contributed by atoms with van der Waals surface area (Å²) in [5, 5.41) is 4.27. The molecular weight excluding hydrogens is 158 g/mol. The van der Waals surface area contributed by atoms with E-state index >= 15 is 0 Å². The van der Waals surface area contributed by atoms with Crippen LogP contribution in [0.25, 0.3) is 0 Å². The molecule has 0 amide bonds. The second-order valence-corrected chi connectivity index (χ2v) is 2.95. The van der Waals surface area contributed by atoms with Crippen LogP contribution in [0.15, 0.2) is 0 Å². The van der Waals surface area contributed by atoms with Crippen LogP contribution in [0, 0.1) is 0 Å². The van der Waals surface area contributed by atoms with Crippen LogP contribution in [0.2, 0.25) is 0 Å². The number of nitrogens with zero attached hydrogens (tertiary/aromatic N) is 1. The summed E-state index contributed by atoms with van der Waals surface area (Å²) in [6, 6.07) is 0.263. The van der Waals surface area contributed by atoms with Crippen molar-refractivity contribution in [3.8, 4) is 0 Å². The number of hydrogen-bond acceptors (Lipinski definition) is 3. The largest absolute Gasteiger partial charge is 0.469 e. The second kappa shape index (κ2) is 4.42. The van der Waals surface area contributed by atoms with E-state index in [9.17, 15) is 4.79 Å². The molecule has 2 atom stereocenters. The van der Waals surface area contributed by atoms with Gasteiger partial charge in [-0.15, -0.1) is 0 Å². The number of ether oxygens (including phenoxy) is 2. The Kier molecular flexibility index (Phi) is 3.49. The molecule has 1 rings (SSSR count). The van der Waals surface area contributed by atoms with Gasteiger partial charge in [-0.2, -0.15) is 0 Å². The molecule has 0 N–H and O–H groups in total. The van der Waals surface area contributed by atoms with Crippen molar-refractivity contribution >= 4 is 5.97 Å². The van der Waals surface area contributed by atoms with Gasteiger partial charge in [0, 0.05) is 12.6 Å². The summed E-state index contributed by atoms with van der Waals surface area (Å²) in [5.74, 6) is -0.232. The first-order valence-corrected chi connectivity index (χ1v) is 4.07. The topological polar surface area (TPSA) is 49.6 Å². The van der Waals surface area contributed by atoms with E-state index in [1.165, 1.54) is 7.11 Å². The number of morpholine rings is 1. The Morgan fingerprint density at radius 1 is 1.75 bits per heavy atom. The molecule has 1 saturated heterocycles. The second-order valence-electron chi connectivity index (χ2n) is 2.95. The first-order valence-electron chi connectivity index (χ1n) is 4.07. The van der Waals surface area contributed by atoms with Gasteiger partial charge in [0.05, 0.1) is 26.2 Å². The lowest BCUT2D eigenvalue weighted by molar-refractivity contribution is -0.144. The van der Waals surface area contributed by atoms with Crippen molar-refractivity contribution in [2.24, 2.45) is 0 Å². The van der Waals surface area contributed by atoms with Crippen LogP contribution in [0.3, 0.4) is 0 Å². The summed E-state index contributed by atoms with van der Waals surface area (Å²) in [4.78, 5) is 10.8. The van der Waals surface area contributed by atoms with E-state index in [4.69, 9.17) is 4.74 Å². The standard InChI is InChI=1S/C8H14NO3/c1-6-5-12-7(4-9-6)3-8(10)11-2/h6-7H,3-5H2,1-2H3. The molecule has 0 bridgehead atoms. The van der Waals surface area contributed by atoms with Crippen LogP contribution in [0.1, 0.15) is 13.3 Å². The molecule has 0 aromatic heterocycles. The van der Waals surface area contributed by atoms with Gasteiger partial charge < -0.3 is 9.47 Å². The van der Waals surface area contributed by atoms with Crippen LogP contribution in [0.5, 0.6) is 0 Å². The molecule has 12 heavy (non-hydrogen) atoms. The van der Waals surface area contributed by atoms with Gasteiger partial charge in [-0.25, -0.2) is 5.32 Å². The Balaban J connectivity index is 2.21. The molecule has 1 heterocycles. The number of carbonyl (C=O) groups excluding carboxylic acids is 1. The Morgan fingerprint density at radius 3 is 3.00 bits per heavy atom. The first kappa shape index (κ1) is 9.48. The van der Waals surface area contributed by atoms with Gasteiger partial charge in [0.1, 0.15) is 0 Å². The average molecular weight is 172 g/mol. The van der Waals surface area contributed by atoms with Gasteiger partial charge in [-0.1, -0.05) is 0 Å². The zero-order valence-electron chi connectivity index (χ0n) is 7.45. The summed E-state index contributed by atoms with van der Waals surface area (Å²) in [6.07, 6.45) is 0.237. The smallest absolute Gasteiger partial charge is 0.308 e. The van der Waals surface area contributed by atoms with E-state index in [1.807, 2.05) is 6.92 Å². The Labute approximate surface area is 72.2 Å². The number of hydrogen-bond donors (Lipinski definition) is 0. The van der Waals surface area contributed by atoms with Crippen molar-refractivity contribution in [1.29, 1.82) is 0 Å². The highest BCUT2D eigenvalue weighted by molar-refractivity contribution is 5.69. The Bertz CT molecular complexity index is 152. The molecule has 0 aromatic carbocycles. The maximum atomic E-state index is 10.8. The third-order valence-electron chi connectivity index (χ3n) is 1.82. The molecule has 2 unspecified atom stereocenters. The zero-order chi connectivity index (χ0) is 8.97. The highest BCUT2D eigenvalue weighted by Gasteiger charge is 2.21. The molecule has 0 spiro atoms. The van der Waals surface area contributed by atoms with Crippen molar-refractivity contribution in [2.45, 2.75) is 25.5 Å². The van der Waals surface area contributed by atoms with Crippen LogP contribution in [-0.2, 0) is 14.3 Å². The monoisotopic (exact) mass is 172 g/mol. The predicted octanol–water partition coefficient (Wildman–Crippen LogP) is -0.0588. The molecule has 4 heteroatoms. The third-order valence-corrected chi connectivity index (χ3v) is 1.82. The average Bonchev–Trinajstić information content (AvgIpc) is 2.09. The highest BCUT2D eigenvalue weighted by atomic mass is 16.5. The predicted molar refractivity (Wildman–Crippen MR) is 42.8 cm³/mol. The summed E-state index contributed by atoms with van der Waals surface area (Å²) in [5.41, 5.74) is 0. The first-order chi connectivity index (χ1) is 5.72. The summed E-state index contributed by atoms with van der Waals surface area (Å²) in [6.45, 7) is 3.21. The lowest BCUT2D eigenvalue weighted by Crippen LogP contribution is -2.41. The van der Waals surface area contributed by atoms with E-state index in [0.29, 0.717) is 19.6 Å². The molecule has 0 aromatic rings. The van der Waals surface area contributed by atoms with E-state index in [2.05, 4.69) is 10.1 Å². The molecule has 0 aliphatic carbocycles. The SMILES string of the molecule is COC(=O)CC1C[N]C(C)CO1. The van der Waals surface area contributed by atoms with E-state index in [1.54, 1.807) is 0 Å². The fourth-order valence-corrected chi connectivity index (χ4v) is 1.07. The number of methoxy groups -OCH3 is 1. The quantitative estimate of drug-likeness (QED) is 0.548. The molecule has 4 nitrogen and oxygen atoms in total. The van der Waals surface area contributed by atoms with Crippen molar-refractivity contribution in [3.05, 3.63) is 0 Å². The summed E-state index contributed by atoms with van der Waals surface area (Å²) in [7, 11) is 1.38. The fourth-order valence-electron chi connectivity index (χ4n) is 1.07. The summed E-state index contributed by atoms with van der Waals surface area (Å²) < 4.78 is 9.89. The molecule has 1 aliphatic rings. The van der Waals surface area contributed by atoms with Gasteiger partial charge >= 0.3 is 5.97 Å². The molecular formula is C8H14NO3. The van der Waals surface area contributed by atoms with E-state index in [0.717, 1.165) is 0 Å².